The third kappa shape index (κ3) is 3.01. The molecular weight excluding hydrogens is 264 g/mol. The van der Waals surface area contributed by atoms with Crippen LogP contribution in [-0.4, -0.2) is 40.0 Å². The molecule has 2 rings (SSSR count). The predicted molar refractivity (Wildman–Crippen MR) is 74.1 cm³/mol. The normalized spacial score (nSPS) is 19.9. The molecule has 1 aliphatic heterocycles. The summed E-state index contributed by atoms with van der Waals surface area (Å²) in [5.74, 6) is 0.577. The van der Waals surface area contributed by atoms with E-state index in [1.807, 2.05) is 6.92 Å². The molecule has 5 nitrogen and oxygen atoms in total. The first-order valence-corrected chi connectivity index (χ1v) is 6.96. The highest BCUT2D eigenvalue weighted by molar-refractivity contribution is 8.14. The molecule has 1 saturated heterocycles. The van der Waals surface area contributed by atoms with Gasteiger partial charge in [-0.25, -0.2) is 0 Å². The van der Waals surface area contributed by atoms with Crippen LogP contribution in [0.5, 0.6) is 5.75 Å². The van der Waals surface area contributed by atoms with Gasteiger partial charge in [-0.3, -0.25) is 9.59 Å². The number of hydrogen-bond acceptors (Lipinski definition) is 4. The van der Waals surface area contributed by atoms with Crippen LogP contribution in [0.2, 0.25) is 0 Å². The second-order valence-electron chi connectivity index (χ2n) is 4.51. The number of carbonyl (C=O) groups is 2. The smallest absolute Gasteiger partial charge is 0.279 e. The molecule has 1 aromatic rings. The van der Waals surface area contributed by atoms with Crippen LogP contribution in [0.3, 0.4) is 0 Å². The van der Waals surface area contributed by atoms with Crippen LogP contribution in [-0.2, 0) is 4.79 Å². The Kier molecular flexibility index (Phi) is 3.99. The van der Waals surface area contributed by atoms with Gasteiger partial charge in [0.15, 0.2) is 0 Å². The predicted octanol–water partition coefficient (Wildman–Crippen LogP) is 1.74. The minimum Gasteiger partial charge on any atom is -0.508 e. The summed E-state index contributed by atoms with van der Waals surface area (Å²) in [6, 6.07) is 6.20. The molecule has 0 saturated carbocycles. The Bertz CT molecular complexity index is 489. The number of aromatic hydroxyl groups is 1. The Morgan fingerprint density at radius 3 is 2.63 bits per heavy atom. The van der Waals surface area contributed by atoms with Crippen LogP contribution in [0.15, 0.2) is 24.3 Å². The monoisotopic (exact) mass is 280 g/mol. The van der Waals surface area contributed by atoms with Gasteiger partial charge in [0, 0.05) is 12.8 Å². The maximum atomic E-state index is 12.2. The highest BCUT2D eigenvalue weighted by atomic mass is 32.2. The van der Waals surface area contributed by atoms with Crippen molar-refractivity contribution in [2.75, 3.05) is 12.8 Å². The van der Waals surface area contributed by atoms with E-state index in [1.54, 1.807) is 36.2 Å². The molecule has 1 aliphatic rings. The number of amides is 2. The van der Waals surface area contributed by atoms with Gasteiger partial charge in [0.25, 0.3) is 5.24 Å². The molecule has 1 aromatic carbocycles. The molecule has 6 heteroatoms. The van der Waals surface area contributed by atoms with Crippen LogP contribution in [0, 0.1) is 0 Å². The van der Waals surface area contributed by atoms with Gasteiger partial charge in [0.05, 0.1) is 6.04 Å². The number of rotatable bonds is 3. The van der Waals surface area contributed by atoms with Gasteiger partial charge in [-0.2, -0.15) is 0 Å². The van der Waals surface area contributed by atoms with Crippen LogP contribution in [0.25, 0.3) is 0 Å². The Balaban J connectivity index is 2.06. The van der Waals surface area contributed by atoms with Crippen molar-refractivity contribution in [2.24, 2.45) is 0 Å². The van der Waals surface area contributed by atoms with Crippen molar-refractivity contribution in [1.29, 1.82) is 0 Å². The Morgan fingerprint density at radius 2 is 2.11 bits per heavy atom. The van der Waals surface area contributed by atoms with E-state index in [1.165, 1.54) is 0 Å². The molecule has 102 valence electrons. The molecule has 19 heavy (non-hydrogen) atoms. The zero-order chi connectivity index (χ0) is 14.0. The quantitative estimate of drug-likeness (QED) is 0.885. The molecule has 0 aliphatic carbocycles. The van der Waals surface area contributed by atoms with Gasteiger partial charge in [-0.05, 0) is 24.6 Å². The van der Waals surface area contributed by atoms with Crippen LogP contribution < -0.4 is 5.32 Å². The molecule has 2 unspecified atom stereocenters. The molecular formula is C13H16N2O3S. The molecule has 2 N–H and O–H groups in total. The van der Waals surface area contributed by atoms with E-state index >= 15 is 0 Å². The van der Waals surface area contributed by atoms with Crippen LogP contribution >= 0.6 is 11.8 Å². The number of hydrogen-bond donors (Lipinski definition) is 2. The fourth-order valence-electron chi connectivity index (χ4n) is 1.93. The van der Waals surface area contributed by atoms with E-state index in [4.69, 9.17) is 0 Å². The molecule has 0 aromatic heterocycles. The lowest BCUT2D eigenvalue weighted by molar-refractivity contribution is -0.133. The summed E-state index contributed by atoms with van der Waals surface area (Å²) in [4.78, 5) is 24.9. The molecule has 1 fully saturated rings. The summed E-state index contributed by atoms with van der Waals surface area (Å²) in [7, 11) is 1.72. The van der Waals surface area contributed by atoms with Crippen molar-refractivity contribution < 1.29 is 14.7 Å². The van der Waals surface area contributed by atoms with E-state index in [0.717, 1.165) is 17.3 Å². The first kappa shape index (κ1) is 13.7. The van der Waals surface area contributed by atoms with E-state index in [-0.39, 0.29) is 22.9 Å². The fourth-order valence-corrected chi connectivity index (χ4v) is 2.70. The van der Waals surface area contributed by atoms with Crippen molar-refractivity contribution in [3.05, 3.63) is 29.8 Å². The Labute approximate surface area is 116 Å². The van der Waals surface area contributed by atoms with E-state index in [9.17, 15) is 14.7 Å². The van der Waals surface area contributed by atoms with Gasteiger partial charge in [-0.1, -0.05) is 23.9 Å². The average Bonchev–Trinajstić information content (AvgIpc) is 2.84. The summed E-state index contributed by atoms with van der Waals surface area (Å²) < 4.78 is 0. The topological polar surface area (TPSA) is 69.6 Å². The van der Waals surface area contributed by atoms with Crippen molar-refractivity contribution in [2.45, 2.75) is 19.0 Å². The van der Waals surface area contributed by atoms with Gasteiger partial charge >= 0.3 is 0 Å². The molecule has 2 amide bonds. The standard InChI is InChI=1S/C13H16N2O3S/c1-8(9-3-5-10(16)6-4-9)15(2)12(17)11-7-19-13(18)14-11/h3-6,8,11,16H,7H2,1-2H3,(H,14,18). The summed E-state index contributed by atoms with van der Waals surface area (Å²) in [5, 5.41) is 11.8. The number of thioether (sulfide) groups is 1. The zero-order valence-corrected chi connectivity index (χ0v) is 11.6. The first-order valence-electron chi connectivity index (χ1n) is 5.98. The summed E-state index contributed by atoms with van der Waals surface area (Å²) >= 11 is 1.13. The zero-order valence-electron chi connectivity index (χ0n) is 10.8. The third-order valence-corrected chi connectivity index (χ3v) is 4.16. The summed E-state index contributed by atoms with van der Waals surface area (Å²) in [5.41, 5.74) is 0.936. The molecule has 2 atom stereocenters. The van der Waals surface area contributed by atoms with Crippen molar-refractivity contribution in [3.63, 3.8) is 0 Å². The summed E-state index contributed by atoms with van der Waals surface area (Å²) in [6.07, 6.45) is 0. The SMILES string of the molecule is CC(c1ccc(O)cc1)N(C)C(=O)C1CSC(=O)N1. The van der Waals surface area contributed by atoms with Crippen molar-refractivity contribution >= 4 is 22.9 Å². The lowest BCUT2D eigenvalue weighted by Gasteiger charge is -2.27. The number of benzene rings is 1. The second kappa shape index (κ2) is 5.52. The van der Waals surface area contributed by atoms with Gasteiger partial charge < -0.3 is 15.3 Å². The Morgan fingerprint density at radius 1 is 1.47 bits per heavy atom. The fraction of sp³-hybridized carbons (Fsp3) is 0.385. The molecule has 0 bridgehead atoms. The van der Waals surface area contributed by atoms with E-state index < -0.39 is 6.04 Å². The van der Waals surface area contributed by atoms with E-state index in [2.05, 4.69) is 5.32 Å². The maximum Gasteiger partial charge on any atom is 0.279 e. The van der Waals surface area contributed by atoms with E-state index in [0.29, 0.717) is 5.75 Å². The van der Waals surface area contributed by atoms with Crippen molar-refractivity contribution in [1.82, 2.24) is 10.2 Å². The maximum absolute atomic E-state index is 12.2. The number of likely N-dealkylation sites (N-methyl/N-ethyl adjacent to an activating group) is 1. The summed E-state index contributed by atoms with van der Waals surface area (Å²) in [6.45, 7) is 1.91. The highest BCUT2D eigenvalue weighted by Crippen LogP contribution is 2.23. The minimum atomic E-state index is -0.443. The van der Waals surface area contributed by atoms with Crippen LogP contribution in [0.4, 0.5) is 4.79 Å². The molecule has 0 spiro atoms. The number of nitrogens with one attached hydrogen (secondary N) is 1. The largest absolute Gasteiger partial charge is 0.508 e. The number of nitrogens with zero attached hydrogens (tertiary/aromatic N) is 1. The number of carbonyl (C=O) groups excluding carboxylic acids is 2. The third-order valence-electron chi connectivity index (χ3n) is 3.28. The average molecular weight is 280 g/mol. The molecule has 1 heterocycles. The van der Waals surface area contributed by atoms with Gasteiger partial charge in [0.2, 0.25) is 5.91 Å². The van der Waals surface area contributed by atoms with Gasteiger partial charge in [-0.15, -0.1) is 0 Å². The van der Waals surface area contributed by atoms with Gasteiger partial charge in [0.1, 0.15) is 11.8 Å². The highest BCUT2D eigenvalue weighted by Gasteiger charge is 2.31. The van der Waals surface area contributed by atoms with Crippen molar-refractivity contribution in [3.8, 4) is 5.75 Å². The first-order chi connectivity index (χ1) is 8.99. The number of phenols is 1. The lowest BCUT2D eigenvalue weighted by Crippen LogP contribution is -2.44. The Hall–Kier alpha value is -1.69. The minimum absolute atomic E-state index is 0.0982. The lowest BCUT2D eigenvalue weighted by atomic mass is 10.1. The number of phenolic OH excluding ortho intramolecular Hbond substituents is 1. The second-order valence-corrected chi connectivity index (χ2v) is 5.50. The van der Waals surface area contributed by atoms with Crippen LogP contribution in [0.1, 0.15) is 18.5 Å². The molecule has 0 radical (unpaired) electrons.